The highest BCUT2D eigenvalue weighted by atomic mass is 16.5. The standard InChI is InChI=1S/C20H22N2O/c1-15-9-11-17(12-10-15)16(2)22(3)14-19-13-20(21-23-19)18-7-5-4-6-8-18/h4-13,16H,14H2,1-3H3/t16-/m0/s1. The first-order chi connectivity index (χ1) is 11.1. The molecule has 0 radical (unpaired) electrons. The lowest BCUT2D eigenvalue weighted by Gasteiger charge is -2.23. The summed E-state index contributed by atoms with van der Waals surface area (Å²) in [5.74, 6) is 0.880. The molecule has 3 rings (SSSR count). The largest absolute Gasteiger partial charge is 0.359 e. The Kier molecular flexibility index (Phi) is 4.58. The zero-order valence-electron chi connectivity index (χ0n) is 13.9. The molecule has 2 aromatic carbocycles. The van der Waals surface area contributed by atoms with Crippen molar-refractivity contribution in [2.24, 2.45) is 0 Å². The summed E-state index contributed by atoms with van der Waals surface area (Å²) in [4.78, 5) is 2.26. The Bertz CT molecular complexity index is 747. The summed E-state index contributed by atoms with van der Waals surface area (Å²) in [6.07, 6.45) is 0. The molecule has 1 aromatic heterocycles. The molecule has 118 valence electrons. The summed E-state index contributed by atoms with van der Waals surface area (Å²) in [5.41, 5.74) is 4.56. The lowest BCUT2D eigenvalue weighted by Crippen LogP contribution is -2.21. The number of aryl methyl sites for hydroxylation is 1. The molecule has 0 unspecified atom stereocenters. The van der Waals surface area contributed by atoms with E-state index in [1.807, 2.05) is 36.4 Å². The highest BCUT2D eigenvalue weighted by Crippen LogP contribution is 2.23. The van der Waals surface area contributed by atoms with Crippen LogP contribution < -0.4 is 0 Å². The van der Waals surface area contributed by atoms with E-state index in [-0.39, 0.29) is 0 Å². The summed E-state index contributed by atoms with van der Waals surface area (Å²) in [7, 11) is 2.11. The zero-order valence-corrected chi connectivity index (χ0v) is 13.9. The van der Waals surface area contributed by atoms with Crippen molar-refractivity contribution in [2.75, 3.05) is 7.05 Å². The third-order valence-corrected chi connectivity index (χ3v) is 4.25. The number of rotatable bonds is 5. The first-order valence-corrected chi connectivity index (χ1v) is 7.91. The van der Waals surface area contributed by atoms with E-state index in [1.165, 1.54) is 11.1 Å². The van der Waals surface area contributed by atoms with Crippen molar-refractivity contribution in [2.45, 2.75) is 26.4 Å². The topological polar surface area (TPSA) is 29.3 Å². The second kappa shape index (κ2) is 6.80. The van der Waals surface area contributed by atoms with Gasteiger partial charge < -0.3 is 4.52 Å². The third-order valence-electron chi connectivity index (χ3n) is 4.25. The lowest BCUT2D eigenvalue weighted by atomic mass is 10.1. The molecule has 23 heavy (non-hydrogen) atoms. The van der Waals surface area contributed by atoms with Gasteiger partial charge in [-0.15, -0.1) is 0 Å². The fraction of sp³-hybridized carbons (Fsp3) is 0.250. The molecule has 0 saturated carbocycles. The minimum atomic E-state index is 0.320. The van der Waals surface area contributed by atoms with Crippen LogP contribution in [0.4, 0.5) is 0 Å². The Morgan fingerprint density at radius 3 is 2.43 bits per heavy atom. The lowest BCUT2D eigenvalue weighted by molar-refractivity contribution is 0.221. The van der Waals surface area contributed by atoms with Crippen molar-refractivity contribution in [3.63, 3.8) is 0 Å². The van der Waals surface area contributed by atoms with Gasteiger partial charge in [0, 0.05) is 17.7 Å². The van der Waals surface area contributed by atoms with Crippen LogP contribution in [0, 0.1) is 6.92 Å². The average molecular weight is 306 g/mol. The normalized spacial score (nSPS) is 12.5. The van der Waals surface area contributed by atoms with Crippen LogP contribution in [0.1, 0.15) is 29.9 Å². The molecule has 3 nitrogen and oxygen atoms in total. The van der Waals surface area contributed by atoms with Crippen molar-refractivity contribution < 1.29 is 4.52 Å². The molecule has 3 heteroatoms. The predicted molar refractivity (Wildman–Crippen MR) is 93.0 cm³/mol. The van der Waals surface area contributed by atoms with E-state index >= 15 is 0 Å². The van der Waals surface area contributed by atoms with E-state index in [0.29, 0.717) is 6.04 Å². The first kappa shape index (κ1) is 15.5. The van der Waals surface area contributed by atoms with Crippen molar-refractivity contribution in [3.05, 3.63) is 77.6 Å². The van der Waals surface area contributed by atoms with Gasteiger partial charge in [0.25, 0.3) is 0 Å². The van der Waals surface area contributed by atoms with E-state index in [4.69, 9.17) is 4.52 Å². The van der Waals surface area contributed by atoms with Crippen molar-refractivity contribution in [1.82, 2.24) is 10.1 Å². The molecule has 1 heterocycles. The summed E-state index contributed by atoms with van der Waals surface area (Å²) in [6, 6.07) is 21.1. The molecule has 1 atom stereocenters. The van der Waals surface area contributed by atoms with E-state index in [2.05, 4.69) is 55.2 Å². The van der Waals surface area contributed by atoms with Crippen LogP contribution in [-0.2, 0) is 6.54 Å². The van der Waals surface area contributed by atoms with Crippen LogP contribution in [0.2, 0.25) is 0 Å². The molecule has 0 saturated heterocycles. The van der Waals surface area contributed by atoms with Gasteiger partial charge >= 0.3 is 0 Å². The number of hydrogen-bond acceptors (Lipinski definition) is 3. The van der Waals surface area contributed by atoms with Crippen LogP contribution in [-0.4, -0.2) is 17.1 Å². The van der Waals surface area contributed by atoms with Gasteiger partial charge in [0.05, 0.1) is 6.54 Å². The van der Waals surface area contributed by atoms with Crippen LogP contribution in [0.3, 0.4) is 0 Å². The van der Waals surface area contributed by atoms with Gasteiger partial charge in [-0.05, 0) is 26.5 Å². The number of hydrogen-bond donors (Lipinski definition) is 0. The van der Waals surface area contributed by atoms with Crippen LogP contribution >= 0.6 is 0 Å². The molecule has 0 aliphatic rings. The fourth-order valence-electron chi connectivity index (χ4n) is 2.61. The summed E-state index contributed by atoms with van der Waals surface area (Å²) < 4.78 is 5.50. The Balaban J connectivity index is 1.69. The maximum Gasteiger partial charge on any atom is 0.151 e. The summed E-state index contributed by atoms with van der Waals surface area (Å²) in [5, 5.41) is 4.18. The minimum absolute atomic E-state index is 0.320. The summed E-state index contributed by atoms with van der Waals surface area (Å²) >= 11 is 0. The summed E-state index contributed by atoms with van der Waals surface area (Å²) in [6.45, 7) is 5.05. The molecular formula is C20H22N2O. The maximum atomic E-state index is 5.50. The van der Waals surface area contributed by atoms with Gasteiger partial charge in [-0.25, -0.2) is 0 Å². The van der Waals surface area contributed by atoms with Gasteiger partial charge in [0.2, 0.25) is 0 Å². The van der Waals surface area contributed by atoms with Gasteiger partial charge in [-0.2, -0.15) is 0 Å². The average Bonchev–Trinajstić information content (AvgIpc) is 3.04. The van der Waals surface area contributed by atoms with Crippen LogP contribution in [0.15, 0.2) is 65.2 Å². The fourth-order valence-corrected chi connectivity index (χ4v) is 2.61. The van der Waals surface area contributed by atoms with Crippen molar-refractivity contribution in [3.8, 4) is 11.3 Å². The molecule has 0 fully saturated rings. The second-order valence-electron chi connectivity index (χ2n) is 6.05. The van der Waals surface area contributed by atoms with Crippen molar-refractivity contribution >= 4 is 0 Å². The molecule has 0 amide bonds. The molecule has 0 spiro atoms. The monoisotopic (exact) mass is 306 g/mol. The first-order valence-electron chi connectivity index (χ1n) is 7.91. The van der Waals surface area contributed by atoms with Crippen molar-refractivity contribution in [1.29, 1.82) is 0 Å². The highest BCUT2D eigenvalue weighted by molar-refractivity contribution is 5.58. The maximum absolute atomic E-state index is 5.50. The SMILES string of the molecule is Cc1ccc([C@H](C)N(C)Cc2cc(-c3ccccc3)no2)cc1. The molecule has 0 N–H and O–H groups in total. The predicted octanol–water partition coefficient (Wildman–Crippen LogP) is 4.84. The quantitative estimate of drug-likeness (QED) is 0.675. The van der Waals surface area contributed by atoms with E-state index < -0.39 is 0 Å². The molecular weight excluding hydrogens is 284 g/mol. The van der Waals surface area contributed by atoms with E-state index in [9.17, 15) is 0 Å². The molecule has 0 aliphatic carbocycles. The van der Waals surface area contributed by atoms with Gasteiger partial charge in [0.15, 0.2) is 5.76 Å². The number of benzene rings is 2. The number of nitrogens with zero attached hydrogens (tertiary/aromatic N) is 2. The Labute approximate surface area is 137 Å². The Morgan fingerprint density at radius 2 is 1.74 bits per heavy atom. The third kappa shape index (κ3) is 3.69. The molecule has 0 bridgehead atoms. The van der Waals surface area contributed by atoms with Gasteiger partial charge in [-0.1, -0.05) is 65.3 Å². The highest BCUT2D eigenvalue weighted by Gasteiger charge is 2.15. The molecule has 0 aliphatic heterocycles. The minimum Gasteiger partial charge on any atom is -0.359 e. The second-order valence-corrected chi connectivity index (χ2v) is 6.05. The van der Waals surface area contributed by atoms with E-state index in [0.717, 1.165) is 23.6 Å². The Hall–Kier alpha value is -2.39. The van der Waals surface area contributed by atoms with Gasteiger partial charge in [0.1, 0.15) is 5.69 Å². The zero-order chi connectivity index (χ0) is 16.2. The molecule has 3 aromatic rings. The number of aromatic nitrogens is 1. The smallest absolute Gasteiger partial charge is 0.151 e. The van der Waals surface area contributed by atoms with E-state index in [1.54, 1.807) is 0 Å². The van der Waals surface area contributed by atoms with Gasteiger partial charge in [-0.3, -0.25) is 4.90 Å². The van der Waals surface area contributed by atoms with Crippen LogP contribution in [0.25, 0.3) is 11.3 Å². The Morgan fingerprint density at radius 1 is 1.04 bits per heavy atom. The van der Waals surface area contributed by atoms with Crippen LogP contribution in [0.5, 0.6) is 0 Å².